The second-order valence-corrected chi connectivity index (χ2v) is 7.02. The van der Waals surface area contributed by atoms with E-state index in [0.717, 1.165) is 13.0 Å². The molecule has 126 valence electrons. The van der Waals surface area contributed by atoms with Crippen LogP contribution in [0.2, 0.25) is 0 Å². The molecule has 0 spiro atoms. The smallest absolute Gasteiger partial charge is 0.0236 e. The van der Waals surface area contributed by atoms with Crippen LogP contribution in [0, 0.1) is 0 Å². The van der Waals surface area contributed by atoms with E-state index < -0.39 is 0 Å². The fourth-order valence-electron chi connectivity index (χ4n) is 3.89. The zero-order valence-corrected chi connectivity index (χ0v) is 14.6. The molecule has 1 saturated heterocycles. The van der Waals surface area contributed by atoms with Crippen LogP contribution in [-0.4, -0.2) is 17.5 Å². The van der Waals surface area contributed by atoms with Gasteiger partial charge in [-0.1, -0.05) is 84.9 Å². The average Bonchev–Trinajstić information content (AvgIpc) is 3.10. The Labute approximate surface area is 150 Å². The van der Waals surface area contributed by atoms with E-state index in [9.17, 15) is 0 Å². The highest BCUT2D eigenvalue weighted by atomic mass is 15.2. The molecule has 0 aromatic heterocycles. The molecule has 0 aliphatic carbocycles. The molecule has 3 aromatic rings. The van der Waals surface area contributed by atoms with E-state index in [0.29, 0.717) is 6.04 Å². The topological polar surface area (TPSA) is 3.24 Å². The van der Waals surface area contributed by atoms with Gasteiger partial charge >= 0.3 is 0 Å². The summed E-state index contributed by atoms with van der Waals surface area (Å²) in [6.45, 7) is 2.30. The molecule has 0 radical (unpaired) electrons. The zero-order valence-electron chi connectivity index (χ0n) is 14.6. The quantitative estimate of drug-likeness (QED) is 0.593. The summed E-state index contributed by atoms with van der Waals surface area (Å²) in [5, 5.41) is 0. The molecule has 1 heterocycles. The maximum Gasteiger partial charge on any atom is 0.0236 e. The van der Waals surface area contributed by atoms with E-state index in [1.165, 1.54) is 41.6 Å². The van der Waals surface area contributed by atoms with Crippen molar-refractivity contribution in [3.63, 3.8) is 0 Å². The van der Waals surface area contributed by atoms with Crippen molar-refractivity contribution in [2.24, 2.45) is 0 Å². The summed E-state index contributed by atoms with van der Waals surface area (Å²) in [6.07, 6.45) is 3.79. The Kier molecular flexibility index (Phi) is 4.94. The highest BCUT2D eigenvalue weighted by Gasteiger charge is 2.24. The average molecular weight is 327 g/mol. The van der Waals surface area contributed by atoms with Gasteiger partial charge in [-0.3, -0.25) is 4.90 Å². The molecule has 0 unspecified atom stereocenters. The minimum atomic E-state index is 0.669. The van der Waals surface area contributed by atoms with Crippen molar-refractivity contribution >= 4 is 0 Å². The van der Waals surface area contributed by atoms with E-state index in [-0.39, 0.29) is 0 Å². The van der Waals surface area contributed by atoms with Crippen LogP contribution in [-0.2, 0) is 13.0 Å². The first-order valence-corrected chi connectivity index (χ1v) is 9.31. The first-order chi connectivity index (χ1) is 12.4. The van der Waals surface area contributed by atoms with Crippen LogP contribution < -0.4 is 0 Å². The van der Waals surface area contributed by atoms with Crippen LogP contribution in [0.15, 0.2) is 84.9 Å². The van der Waals surface area contributed by atoms with Crippen molar-refractivity contribution in [2.75, 3.05) is 6.54 Å². The molecular weight excluding hydrogens is 302 g/mol. The molecule has 1 heteroatoms. The number of hydrogen-bond acceptors (Lipinski definition) is 1. The Hall–Kier alpha value is -2.38. The van der Waals surface area contributed by atoms with Gasteiger partial charge in [-0.25, -0.2) is 0 Å². The van der Waals surface area contributed by atoms with Crippen molar-refractivity contribution in [1.82, 2.24) is 4.90 Å². The Morgan fingerprint density at radius 1 is 0.680 bits per heavy atom. The molecule has 25 heavy (non-hydrogen) atoms. The van der Waals surface area contributed by atoms with Gasteiger partial charge in [0.2, 0.25) is 0 Å². The Morgan fingerprint density at radius 3 is 2.04 bits per heavy atom. The third kappa shape index (κ3) is 4.00. The fourth-order valence-corrected chi connectivity index (χ4v) is 3.89. The first kappa shape index (κ1) is 16.1. The molecule has 0 saturated carbocycles. The molecule has 4 rings (SSSR count). The molecule has 0 amide bonds. The lowest BCUT2D eigenvalue weighted by molar-refractivity contribution is 0.244. The Balaban J connectivity index is 1.42. The lowest BCUT2D eigenvalue weighted by Gasteiger charge is -2.24. The van der Waals surface area contributed by atoms with Crippen LogP contribution in [0.5, 0.6) is 0 Å². The van der Waals surface area contributed by atoms with Crippen molar-refractivity contribution in [2.45, 2.75) is 31.8 Å². The molecule has 1 atom stereocenters. The molecule has 0 bridgehead atoms. The van der Waals surface area contributed by atoms with E-state index >= 15 is 0 Å². The summed E-state index contributed by atoms with van der Waals surface area (Å²) in [4.78, 5) is 2.65. The Bertz CT molecular complexity index is 777. The van der Waals surface area contributed by atoms with E-state index in [2.05, 4.69) is 89.8 Å². The van der Waals surface area contributed by atoms with Crippen molar-refractivity contribution in [3.8, 4) is 11.1 Å². The van der Waals surface area contributed by atoms with Crippen LogP contribution in [0.3, 0.4) is 0 Å². The largest absolute Gasteiger partial charge is 0.296 e. The van der Waals surface area contributed by atoms with Gasteiger partial charge in [0.1, 0.15) is 0 Å². The lowest BCUT2D eigenvalue weighted by atomic mass is 9.99. The monoisotopic (exact) mass is 327 g/mol. The summed E-state index contributed by atoms with van der Waals surface area (Å²) < 4.78 is 0. The fraction of sp³-hybridized carbons (Fsp3) is 0.250. The van der Waals surface area contributed by atoms with Gasteiger partial charge in [0.25, 0.3) is 0 Å². The molecular formula is C24H25N. The number of likely N-dealkylation sites (tertiary alicyclic amines) is 1. The standard InChI is InChI=1S/C24H25N/c1-3-8-21(9-4-1)19-25-17-7-12-24(25)18-20-13-15-23(16-14-20)22-10-5-2-6-11-22/h1-6,8-11,13-16,24H,7,12,17-19H2/t24-/m0/s1. The summed E-state index contributed by atoms with van der Waals surface area (Å²) in [5.74, 6) is 0. The third-order valence-corrected chi connectivity index (χ3v) is 5.26. The van der Waals surface area contributed by atoms with Crippen molar-refractivity contribution in [3.05, 3.63) is 96.1 Å². The normalized spacial score (nSPS) is 17.7. The molecule has 1 nitrogen and oxygen atoms in total. The van der Waals surface area contributed by atoms with Gasteiger partial charge < -0.3 is 0 Å². The minimum Gasteiger partial charge on any atom is -0.296 e. The second kappa shape index (κ2) is 7.67. The molecule has 1 fully saturated rings. The van der Waals surface area contributed by atoms with Gasteiger partial charge in [0.15, 0.2) is 0 Å². The summed E-state index contributed by atoms with van der Waals surface area (Å²) in [5.41, 5.74) is 5.47. The van der Waals surface area contributed by atoms with Crippen LogP contribution in [0.1, 0.15) is 24.0 Å². The van der Waals surface area contributed by atoms with Crippen LogP contribution >= 0.6 is 0 Å². The SMILES string of the molecule is c1ccc(CN2CCC[C@H]2Cc2ccc(-c3ccccc3)cc2)cc1. The van der Waals surface area contributed by atoms with Crippen LogP contribution in [0.25, 0.3) is 11.1 Å². The minimum absolute atomic E-state index is 0.669. The molecule has 1 aliphatic heterocycles. The van der Waals surface area contributed by atoms with Gasteiger partial charge in [-0.15, -0.1) is 0 Å². The third-order valence-electron chi connectivity index (χ3n) is 5.26. The van der Waals surface area contributed by atoms with E-state index in [1.807, 2.05) is 0 Å². The van der Waals surface area contributed by atoms with Gasteiger partial charge in [0.05, 0.1) is 0 Å². The van der Waals surface area contributed by atoms with Gasteiger partial charge in [-0.05, 0) is 48.1 Å². The van der Waals surface area contributed by atoms with Gasteiger partial charge in [0, 0.05) is 12.6 Å². The first-order valence-electron chi connectivity index (χ1n) is 9.31. The number of benzene rings is 3. The predicted molar refractivity (Wildman–Crippen MR) is 105 cm³/mol. The summed E-state index contributed by atoms with van der Waals surface area (Å²) in [6, 6.07) is 31.3. The Morgan fingerprint density at radius 2 is 1.32 bits per heavy atom. The van der Waals surface area contributed by atoms with E-state index in [4.69, 9.17) is 0 Å². The van der Waals surface area contributed by atoms with Crippen molar-refractivity contribution < 1.29 is 0 Å². The highest BCUT2D eigenvalue weighted by Crippen LogP contribution is 2.25. The van der Waals surface area contributed by atoms with Crippen LogP contribution in [0.4, 0.5) is 0 Å². The predicted octanol–water partition coefficient (Wildman–Crippen LogP) is 5.56. The summed E-state index contributed by atoms with van der Waals surface area (Å²) in [7, 11) is 0. The molecule has 0 N–H and O–H groups in total. The van der Waals surface area contributed by atoms with Crippen molar-refractivity contribution in [1.29, 1.82) is 0 Å². The maximum absolute atomic E-state index is 2.65. The lowest BCUT2D eigenvalue weighted by Crippen LogP contribution is -2.30. The number of rotatable bonds is 5. The molecule has 3 aromatic carbocycles. The van der Waals surface area contributed by atoms with E-state index in [1.54, 1.807) is 0 Å². The number of nitrogens with zero attached hydrogens (tertiary/aromatic N) is 1. The molecule has 1 aliphatic rings. The second-order valence-electron chi connectivity index (χ2n) is 7.02. The van der Waals surface area contributed by atoms with Gasteiger partial charge in [-0.2, -0.15) is 0 Å². The zero-order chi connectivity index (χ0) is 16.9. The highest BCUT2D eigenvalue weighted by molar-refractivity contribution is 5.63. The summed E-state index contributed by atoms with van der Waals surface area (Å²) >= 11 is 0. The maximum atomic E-state index is 2.65. The number of hydrogen-bond donors (Lipinski definition) is 0.